The molecule has 0 saturated heterocycles. The van der Waals surface area contributed by atoms with Crippen molar-refractivity contribution in [1.82, 2.24) is 5.43 Å². The van der Waals surface area contributed by atoms with Gasteiger partial charge in [0.15, 0.2) is 18.1 Å². The molecule has 1 N–H and O–H groups in total. The number of carbonyl (C=O) groups excluding carboxylic acids is 1. The zero-order valence-corrected chi connectivity index (χ0v) is 13.8. The van der Waals surface area contributed by atoms with E-state index < -0.39 is 5.91 Å². The van der Waals surface area contributed by atoms with Crippen molar-refractivity contribution in [3.8, 4) is 17.2 Å². The fourth-order valence-corrected chi connectivity index (χ4v) is 2.29. The Bertz CT molecular complexity index is 796. The summed E-state index contributed by atoms with van der Waals surface area (Å²) in [5, 5.41) is 4.48. The van der Waals surface area contributed by atoms with E-state index in [2.05, 4.69) is 10.5 Å². The fourth-order valence-electron chi connectivity index (χ4n) is 1.94. The molecule has 1 aliphatic heterocycles. The average Bonchev–Trinajstić information content (AvgIpc) is 3.04. The van der Waals surface area contributed by atoms with E-state index in [0.29, 0.717) is 22.3 Å². The summed E-state index contributed by atoms with van der Waals surface area (Å²) in [6.45, 7) is -0.0331. The molecular formula is C16H12Cl2N2O4. The second-order valence-electron chi connectivity index (χ2n) is 4.75. The number of hydrazone groups is 1. The third-order valence-corrected chi connectivity index (χ3v) is 3.88. The first kappa shape index (κ1) is 16.4. The molecule has 0 radical (unpaired) electrons. The normalized spacial score (nSPS) is 12.4. The fraction of sp³-hybridized carbons (Fsp3) is 0.125. The minimum Gasteiger partial charge on any atom is -0.482 e. The number of rotatable bonds is 5. The minimum absolute atomic E-state index is 0.204. The Hall–Kier alpha value is -2.44. The Balaban J connectivity index is 1.51. The number of carbonyl (C=O) groups is 1. The highest BCUT2D eigenvalue weighted by atomic mass is 35.5. The molecule has 0 fully saturated rings. The van der Waals surface area contributed by atoms with Crippen molar-refractivity contribution in [3.05, 3.63) is 52.0 Å². The van der Waals surface area contributed by atoms with Crippen LogP contribution in [0.1, 0.15) is 5.56 Å². The topological polar surface area (TPSA) is 69.2 Å². The maximum absolute atomic E-state index is 11.7. The van der Waals surface area contributed by atoms with Crippen LogP contribution < -0.4 is 19.6 Å². The number of hydrogen-bond acceptors (Lipinski definition) is 5. The first-order chi connectivity index (χ1) is 11.6. The summed E-state index contributed by atoms with van der Waals surface area (Å²) < 4.78 is 15.8. The zero-order valence-electron chi connectivity index (χ0n) is 12.3. The van der Waals surface area contributed by atoms with E-state index in [0.717, 1.165) is 5.56 Å². The van der Waals surface area contributed by atoms with Crippen molar-refractivity contribution in [2.75, 3.05) is 13.4 Å². The van der Waals surface area contributed by atoms with Crippen molar-refractivity contribution in [1.29, 1.82) is 0 Å². The van der Waals surface area contributed by atoms with Crippen LogP contribution in [-0.4, -0.2) is 25.5 Å². The van der Waals surface area contributed by atoms with E-state index in [1.807, 2.05) is 0 Å². The molecule has 6 nitrogen and oxygen atoms in total. The third kappa shape index (κ3) is 3.90. The number of ether oxygens (including phenoxy) is 3. The summed E-state index contributed by atoms with van der Waals surface area (Å²) in [4.78, 5) is 11.7. The lowest BCUT2D eigenvalue weighted by atomic mass is 10.2. The van der Waals surface area contributed by atoms with Gasteiger partial charge < -0.3 is 14.2 Å². The molecule has 0 spiro atoms. The lowest BCUT2D eigenvalue weighted by Gasteiger charge is -2.07. The van der Waals surface area contributed by atoms with Gasteiger partial charge in [-0.05, 0) is 35.9 Å². The summed E-state index contributed by atoms with van der Waals surface area (Å²) in [7, 11) is 0. The molecule has 3 rings (SSSR count). The second-order valence-corrected chi connectivity index (χ2v) is 5.53. The molecule has 0 aliphatic carbocycles. The third-order valence-electron chi connectivity index (χ3n) is 3.07. The first-order valence-electron chi connectivity index (χ1n) is 6.92. The van der Waals surface area contributed by atoms with Gasteiger partial charge in [-0.1, -0.05) is 29.3 Å². The number of nitrogens with zero attached hydrogens (tertiary/aromatic N) is 1. The van der Waals surface area contributed by atoms with Gasteiger partial charge in [-0.3, -0.25) is 4.79 Å². The Morgan fingerprint density at radius 2 is 2.08 bits per heavy atom. The molecule has 1 heterocycles. The summed E-state index contributed by atoms with van der Waals surface area (Å²) in [6, 6.07) is 10.3. The van der Waals surface area contributed by atoms with Crippen LogP contribution in [0.5, 0.6) is 17.2 Å². The molecule has 0 aromatic heterocycles. The molecule has 8 heteroatoms. The van der Waals surface area contributed by atoms with Crippen molar-refractivity contribution < 1.29 is 19.0 Å². The molecule has 0 atom stereocenters. The van der Waals surface area contributed by atoms with Crippen LogP contribution >= 0.6 is 23.2 Å². The predicted molar refractivity (Wildman–Crippen MR) is 90.3 cm³/mol. The maximum Gasteiger partial charge on any atom is 0.277 e. The van der Waals surface area contributed by atoms with Gasteiger partial charge in [-0.25, -0.2) is 5.43 Å². The van der Waals surface area contributed by atoms with E-state index in [1.165, 1.54) is 6.21 Å². The lowest BCUT2D eigenvalue weighted by molar-refractivity contribution is -0.123. The highest BCUT2D eigenvalue weighted by Gasteiger charge is 2.12. The van der Waals surface area contributed by atoms with Crippen LogP contribution in [0.25, 0.3) is 0 Å². The van der Waals surface area contributed by atoms with Crippen molar-refractivity contribution in [3.63, 3.8) is 0 Å². The summed E-state index contributed by atoms with van der Waals surface area (Å²) >= 11 is 11.8. The molecule has 1 aliphatic rings. The molecule has 0 saturated carbocycles. The number of amides is 1. The monoisotopic (exact) mass is 366 g/mol. The molecule has 24 heavy (non-hydrogen) atoms. The molecule has 0 bridgehead atoms. The van der Waals surface area contributed by atoms with Gasteiger partial charge >= 0.3 is 0 Å². The highest BCUT2D eigenvalue weighted by Crippen LogP contribution is 2.32. The van der Waals surface area contributed by atoms with Crippen LogP contribution in [0.4, 0.5) is 0 Å². The van der Waals surface area contributed by atoms with Crippen LogP contribution in [-0.2, 0) is 4.79 Å². The predicted octanol–water partition coefficient (Wildman–Crippen LogP) is 3.25. The van der Waals surface area contributed by atoms with Crippen molar-refractivity contribution >= 4 is 35.3 Å². The summed E-state index contributed by atoms with van der Waals surface area (Å²) in [6.07, 6.45) is 1.49. The summed E-state index contributed by atoms with van der Waals surface area (Å²) in [5.74, 6) is 1.23. The smallest absolute Gasteiger partial charge is 0.277 e. The molecule has 1 amide bonds. The van der Waals surface area contributed by atoms with E-state index in [4.69, 9.17) is 37.4 Å². The van der Waals surface area contributed by atoms with Crippen LogP contribution in [0, 0.1) is 0 Å². The number of hydrogen-bond donors (Lipinski definition) is 1. The van der Waals surface area contributed by atoms with Gasteiger partial charge in [0.05, 0.1) is 11.2 Å². The number of halogens is 2. The summed E-state index contributed by atoms with van der Waals surface area (Å²) in [5.41, 5.74) is 3.12. The largest absolute Gasteiger partial charge is 0.482 e. The zero-order chi connectivity index (χ0) is 16.9. The molecule has 2 aromatic carbocycles. The lowest BCUT2D eigenvalue weighted by Crippen LogP contribution is -2.24. The quantitative estimate of drug-likeness (QED) is 0.651. The van der Waals surface area contributed by atoms with Gasteiger partial charge in [0.1, 0.15) is 10.8 Å². The standard InChI is InChI=1S/C16H12Cl2N2O4/c17-11-2-1-3-13(16(11)18)22-8-15(21)20-19-7-10-4-5-12-14(6-10)24-9-23-12/h1-7H,8-9H2,(H,20,21). The van der Waals surface area contributed by atoms with E-state index in [-0.39, 0.29) is 18.4 Å². The van der Waals surface area contributed by atoms with Gasteiger partial charge in [0.2, 0.25) is 6.79 Å². The van der Waals surface area contributed by atoms with Gasteiger partial charge in [-0.15, -0.1) is 0 Å². The number of nitrogens with one attached hydrogen (secondary N) is 1. The van der Waals surface area contributed by atoms with E-state index in [1.54, 1.807) is 36.4 Å². The molecular weight excluding hydrogens is 355 g/mol. The molecule has 2 aromatic rings. The number of fused-ring (bicyclic) bond motifs is 1. The minimum atomic E-state index is -0.428. The van der Waals surface area contributed by atoms with Crippen molar-refractivity contribution in [2.45, 2.75) is 0 Å². The van der Waals surface area contributed by atoms with Crippen LogP contribution in [0.2, 0.25) is 10.0 Å². The van der Waals surface area contributed by atoms with E-state index in [9.17, 15) is 4.79 Å². The van der Waals surface area contributed by atoms with Gasteiger partial charge in [-0.2, -0.15) is 5.10 Å². The number of benzene rings is 2. The maximum atomic E-state index is 11.7. The Labute approximate surface area is 147 Å². The Morgan fingerprint density at radius 3 is 2.96 bits per heavy atom. The van der Waals surface area contributed by atoms with Crippen molar-refractivity contribution in [2.24, 2.45) is 5.10 Å². The van der Waals surface area contributed by atoms with E-state index >= 15 is 0 Å². The van der Waals surface area contributed by atoms with Crippen LogP contribution in [0.15, 0.2) is 41.5 Å². The average molecular weight is 367 g/mol. The van der Waals surface area contributed by atoms with Gasteiger partial charge in [0, 0.05) is 0 Å². The SMILES string of the molecule is O=C(COc1cccc(Cl)c1Cl)NN=Cc1ccc2c(c1)OCO2. The molecule has 0 unspecified atom stereocenters. The van der Waals surface area contributed by atoms with Crippen LogP contribution in [0.3, 0.4) is 0 Å². The highest BCUT2D eigenvalue weighted by molar-refractivity contribution is 6.42. The first-order valence-corrected chi connectivity index (χ1v) is 7.67. The molecule has 124 valence electrons. The Kier molecular flexibility index (Phi) is 5.08. The second kappa shape index (κ2) is 7.42. The van der Waals surface area contributed by atoms with Gasteiger partial charge in [0.25, 0.3) is 5.91 Å². The Morgan fingerprint density at radius 1 is 1.25 bits per heavy atom.